The molecule has 0 spiro atoms. The number of amides is 1. The van der Waals surface area contributed by atoms with Crippen LogP contribution in [0.1, 0.15) is 31.2 Å². The summed E-state index contributed by atoms with van der Waals surface area (Å²) in [6.07, 6.45) is 2.33. The number of aromatic nitrogens is 2. The molecule has 1 aliphatic heterocycles. The standard InChI is InChI=1S/C20H28N6O3S/c1-14-12-17(25-16(3)27)6-7-18(14)30(28,29)22-9-8-21-19-13-20(24-15(2)23-19)26-10-4-5-11-26/h6-7,12-13,22H,4-5,8-11H2,1-3H3,(H,25,27)(H,21,23,24). The van der Waals surface area contributed by atoms with Crippen LogP contribution in [0.3, 0.4) is 0 Å². The molecule has 9 nitrogen and oxygen atoms in total. The van der Waals surface area contributed by atoms with Gasteiger partial charge in [0.05, 0.1) is 4.90 Å². The highest BCUT2D eigenvalue weighted by atomic mass is 32.2. The first kappa shape index (κ1) is 22.0. The zero-order valence-corrected chi connectivity index (χ0v) is 18.3. The summed E-state index contributed by atoms with van der Waals surface area (Å²) in [6.45, 7) is 7.53. The molecule has 3 rings (SSSR count). The third-order valence-corrected chi connectivity index (χ3v) is 6.38. The Morgan fingerprint density at radius 1 is 1.10 bits per heavy atom. The SMILES string of the molecule is CC(=O)Nc1ccc(S(=O)(=O)NCCNc2cc(N3CCCC3)nc(C)n2)c(C)c1. The molecule has 0 radical (unpaired) electrons. The maximum absolute atomic E-state index is 12.6. The largest absolute Gasteiger partial charge is 0.369 e. The summed E-state index contributed by atoms with van der Waals surface area (Å²) in [6, 6.07) is 6.60. The van der Waals surface area contributed by atoms with Gasteiger partial charge in [0.1, 0.15) is 17.5 Å². The minimum atomic E-state index is -3.66. The molecule has 2 heterocycles. The monoisotopic (exact) mass is 432 g/mol. The molecule has 0 unspecified atom stereocenters. The number of nitrogens with zero attached hydrogens (tertiary/aromatic N) is 3. The maximum Gasteiger partial charge on any atom is 0.240 e. The lowest BCUT2D eigenvalue weighted by Gasteiger charge is -2.18. The van der Waals surface area contributed by atoms with Gasteiger partial charge in [-0.3, -0.25) is 4.79 Å². The molecule has 1 aromatic carbocycles. The molecule has 1 aromatic heterocycles. The highest BCUT2D eigenvalue weighted by Crippen LogP contribution is 2.21. The van der Waals surface area contributed by atoms with E-state index >= 15 is 0 Å². The van der Waals surface area contributed by atoms with E-state index in [0.717, 1.165) is 18.9 Å². The van der Waals surface area contributed by atoms with Gasteiger partial charge in [0, 0.05) is 44.9 Å². The van der Waals surface area contributed by atoms with E-state index in [1.165, 1.54) is 25.8 Å². The summed E-state index contributed by atoms with van der Waals surface area (Å²) >= 11 is 0. The lowest BCUT2D eigenvalue weighted by molar-refractivity contribution is -0.114. The smallest absolute Gasteiger partial charge is 0.240 e. The Labute approximate surface area is 177 Å². The van der Waals surface area contributed by atoms with Crippen molar-refractivity contribution < 1.29 is 13.2 Å². The minimum Gasteiger partial charge on any atom is -0.369 e. The second-order valence-electron chi connectivity index (χ2n) is 7.34. The minimum absolute atomic E-state index is 0.186. The number of aryl methyl sites for hydroxylation is 2. The van der Waals surface area contributed by atoms with E-state index in [2.05, 4.69) is 30.2 Å². The predicted octanol–water partition coefficient (Wildman–Crippen LogP) is 2.04. The summed E-state index contributed by atoms with van der Waals surface area (Å²) in [5.74, 6) is 2.05. The molecule has 162 valence electrons. The van der Waals surface area contributed by atoms with Crippen LogP contribution < -0.4 is 20.3 Å². The van der Waals surface area contributed by atoms with E-state index < -0.39 is 10.0 Å². The second-order valence-corrected chi connectivity index (χ2v) is 9.07. The Hall–Kier alpha value is -2.72. The van der Waals surface area contributed by atoms with Crippen LogP contribution in [0.2, 0.25) is 0 Å². The molecule has 0 atom stereocenters. The van der Waals surface area contributed by atoms with Crippen molar-refractivity contribution >= 4 is 33.3 Å². The van der Waals surface area contributed by atoms with Crippen molar-refractivity contribution in [2.45, 2.75) is 38.5 Å². The lowest BCUT2D eigenvalue weighted by Crippen LogP contribution is -2.29. The van der Waals surface area contributed by atoms with E-state index in [-0.39, 0.29) is 17.3 Å². The highest BCUT2D eigenvalue weighted by Gasteiger charge is 2.17. The second kappa shape index (κ2) is 9.40. The van der Waals surface area contributed by atoms with E-state index in [1.54, 1.807) is 19.1 Å². The fourth-order valence-corrected chi connectivity index (χ4v) is 4.69. The predicted molar refractivity (Wildman–Crippen MR) is 117 cm³/mol. The third-order valence-electron chi connectivity index (χ3n) is 4.76. The number of benzene rings is 1. The van der Waals surface area contributed by atoms with Crippen molar-refractivity contribution in [3.8, 4) is 0 Å². The average molecular weight is 433 g/mol. The van der Waals surface area contributed by atoms with Crippen LogP contribution >= 0.6 is 0 Å². The van der Waals surface area contributed by atoms with Crippen LogP contribution in [0.25, 0.3) is 0 Å². The number of nitrogens with one attached hydrogen (secondary N) is 3. The summed E-state index contributed by atoms with van der Waals surface area (Å²) in [5.41, 5.74) is 1.12. The maximum atomic E-state index is 12.6. The van der Waals surface area contributed by atoms with Crippen LogP contribution in [0.15, 0.2) is 29.2 Å². The summed E-state index contributed by atoms with van der Waals surface area (Å²) in [4.78, 5) is 22.5. The van der Waals surface area contributed by atoms with E-state index in [9.17, 15) is 13.2 Å². The lowest BCUT2D eigenvalue weighted by atomic mass is 10.2. The molecule has 30 heavy (non-hydrogen) atoms. The summed E-state index contributed by atoms with van der Waals surface area (Å²) in [7, 11) is -3.66. The fourth-order valence-electron chi connectivity index (χ4n) is 3.44. The van der Waals surface area contributed by atoms with Gasteiger partial charge in [-0.15, -0.1) is 0 Å². The van der Waals surface area contributed by atoms with Crippen molar-refractivity contribution in [2.24, 2.45) is 0 Å². The number of sulfonamides is 1. The van der Waals surface area contributed by atoms with Crippen LogP contribution in [0, 0.1) is 13.8 Å². The Balaban J connectivity index is 1.58. The molecule has 3 N–H and O–H groups in total. The number of anilines is 3. The van der Waals surface area contributed by atoms with E-state index in [0.29, 0.717) is 29.4 Å². The number of hydrogen-bond donors (Lipinski definition) is 3. The van der Waals surface area contributed by atoms with Crippen LogP contribution in [-0.2, 0) is 14.8 Å². The van der Waals surface area contributed by atoms with Gasteiger partial charge in [0.15, 0.2) is 0 Å². The Bertz CT molecular complexity index is 1020. The normalized spacial score (nSPS) is 14.0. The van der Waals surface area contributed by atoms with E-state index in [1.807, 2.05) is 13.0 Å². The topological polar surface area (TPSA) is 116 Å². The zero-order chi connectivity index (χ0) is 21.7. The first-order chi connectivity index (χ1) is 14.2. The molecule has 1 saturated heterocycles. The first-order valence-corrected chi connectivity index (χ1v) is 11.5. The Morgan fingerprint density at radius 3 is 2.50 bits per heavy atom. The van der Waals surface area contributed by atoms with Gasteiger partial charge in [-0.25, -0.2) is 23.1 Å². The molecular formula is C20H28N6O3S. The zero-order valence-electron chi connectivity index (χ0n) is 17.5. The van der Waals surface area contributed by atoms with Gasteiger partial charge in [0.2, 0.25) is 15.9 Å². The molecule has 1 fully saturated rings. The van der Waals surface area contributed by atoms with Crippen molar-refractivity contribution in [3.63, 3.8) is 0 Å². The van der Waals surface area contributed by atoms with Gasteiger partial charge in [-0.2, -0.15) is 0 Å². The van der Waals surface area contributed by atoms with Crippen molar-refractivity contribution in [1.29, 1.82) is 0 Å². The number of carbonyl (C=O) groups is 1. The molecule has 10 heteroatoms. The summed E-state index contributed by atoms with van der Waals surface area (Å²) < 4.78 is 27.8. The van der Waals surface area contributed by atoms with Crippen molar-refractivity contribution in [1.82, 2.24) is 14.7 Å². The molecule has 2 aromatic rings. The van der Waals surface area contributed by atoms with Gasteiger partial charge >= 0.3 is 0 Å². The Morgan fingerprint density at radius 2 is 1.83 bits per heavy atom. The van der Waals surface area contributed by atoms with Gasteiger partial charge in [0.25, 0.3) is 0 Å². The van der Waals surface area contributed by atoms with Gasteiger partial charge < -0.3 is 15.5 Å². The van der Waals surface area contributed by atoms with E-state index in [4.69, 9.17) is 0 Å². The molecule has 1 amide bonds. The number of carbonyl (C=O) groups excluding carboxylic acids is 1. The molecule has 0 saturated carbocycles. The third kappa shape index (κ3) is 5.67. The van der Waals surface area contributed by atoms with Crippen LogP contribution in [-0.4, -0.2) is 50.5 Å². The first-order valence-electron chi connectivity index (χ1n) is 9.97. The van der Waals surface area contributed by atoms with Crippen molar-refractivity contribution in [3.05, 3.63) is 35.7 Å². The quantitative estimate of drug-likeness (QED) is 0.547. The molecule has 1 aliphatic rings. The molecule has 0 bridgehead atoms. The fraction of sp³-hybridized carbons (Fsp3) is 0.450. The molecular weight excluding hydrogens is 404 g/mol. The van der Waals surface area contributed by atoms with Crippen molar-refractivity contribution in [2.75, 3.05) is 41.7 Å². The van der Waals surface area contributed by atoms with Gasteiger partial charge in [-0.1, -0.05) is 0 Å². The van der Waals surface area contributed by atoms with Crippen LogP contribution in [0.5, 0.6) is 0 Å². The average Bonchev–Trinajstić information content (AvgIpc) is 3.19. The highest BCUT2D eigenvalue weighted by molar-refractivity contribution is 7.89. The number of hydrogen-bond acceptors (Lipinski definition) is 7. The Kier molecular flexibility index (Phi) is 6.88. The summed E-state index contributed by atoms with van der Waals surface area (Å²) in [5, 5.41) is 5.81. The molecule has 0 aliphatic carbocycles. The number of rotatable bonds is 8. The van der Waals surface area contributed by atoms with Gasteiger partial charge in [-0.05, 0) is 50.5 Å². The van der Waals surface area contributed by atoms with Crippen LogP contribution in [0.4, 0.5) is 17.3 Å².